The van der Waals surface area contributed by atoms with Gasteiger partial charge >= 0.3 is 0 Å². The van der Waals surface area contributed by atoms with Gasteiger partial charge in [-0.25, -0.2) is 0 Å². The Morgan fingerprint density at radius 3 is 2.77 bits per heavy atom. The monoisotopic (exact) mass is 328 g/mol. The van der Waals surface area contributed by atoms with Crippen LogP contribution in [0.2, 0.25) is 0 Å². The molecule has 1 aromatic carbocycles. The highest BCUT2D eigenvalue weighted by molar-refractivity contribution is 5.85. The molecule has 0 aliphatic carbocycles. The van der Waals surface area contributed by atoms with Crippen LogP contribution >= 0.6 is 12.4 Å². The Bertz CT molecular complexity index is 480. The number of para-hydroxylation sites is 1. The lowest BCUT2D eigenvalue weighted by Crippen LogP contribution is -2.35. The van der Waals surface area contributed by atoms with Crippen molar-refractivity contribution in [2.24, 2.45) is 5.73 Å². The number of amides is 1. The van der Waals surface area contributed by atoms with E-state index in [4.69, 9.17) is 15.2 Å². The van der Waals surface area contributed by atoms with E-state index in [0.717, 1.165) is 30.7 Å². The molecule has 0 radical (unpaired) electrons. The standard InChI is InChI=1S/C16H24N2O3.ClH/c1-20-12(11-17)10-16(19)18-9-5-7-14(18)13-6-3-4-8-15(13)21-2;/h3-4,6,8,12,14H,5,7,9-11,17H2,1-2H3;1H. The molecule has 6 heteroatoms. The first-order chi connectivity index (χ1) is 10.2. The summed E-state index contributed by atoms with van der Waals surface area (Å²) in [5.74, 6) is 0.935. The van der Waals surface area contributed by atoms with Crippen LogP contribution in [0.25, 0.3) is 0 Å². The van der Waals surface area contributed by atoms with E-state index in [1.807, 2.05) is 29.2 Å². The first kappa shape index (κ1) is 18.7. The molecule has 0 saturated carbocycles. The number of likely N-dealkylation sites (tertiary alicyclic amines) is 1. The fraction of sp³-hybridized carbons (Fsp3) is 0.562. The summed E-state index contributed by atoms with van der Waals surface area (Å²) in [5, 5.41) is 0. The van der Waals surface area contributed by atoms with E-state index in [1.165, 1.54) is 0 Å². The molecule has 22 heavy (non-hydrogen) atoms. The van der Waals surface area contributed by atoms with Crippen LogP contribution in [-0.2, 0) is 9.53 Å². The Labute approximate surface area is 138 Å². The molecular formula is C16H25ClN2O3. The van der Waals surface area contributed by atoms with Crippen molar-refractivity contribution in [3.8, 4) is 5.75 Å². The zero-order chi connectivity index (χ0) is 15.2. The lowest BCUT2D eigenvalue weighted by atomic mass is 10.0. The molecule has 2 rings (SSSR count). The van der Waals surface area contributed by atoms with Gasteiger partial charge in [-0.05, 0) is 18.9 Å². The second-order valence-electron chi connectivity index (χ2n) is 5.28. The van der Waals surface area contributed by atoms with E-state index in [2.05, 4.69) is 0 Å². The van der Waals surface area contributed by atoms with Gasteiger partial charge in [0.1, 0.15) is 5.75 Å². The van der Waals surface area contributed by atoms with Crippen LogP contribution in [0, 0.1) is 0 Å². The Morgan fingerprint density at radius 1 is 1.41 bits per heavy atom. The smallest absolute Gasteiger partial charge is 0.225 e. The highest BCUT2D eigenvalue weighted by Crippen LogP contribution is 2.37. The highest BCUT2D eigenvalue weighted by Gasteiger charge is 2.32. The number of carbonyl (C=O) groups is 1. The largest absolute Gasteiger partial charge is 0.496 e. The Balaban J connectivity index is 0.00000242. The topological polar surface area (TPSA) is 64.8 Å². The van der Waals surface area contributed by atoms with Gasteiger partial charge in [0.05, 0.1) is 25.7 Å². The molecule has 5 nitrogen and oxygen atoms in total. The summed E-state index contributed by atoms with van der Waals surface area (Å²) >= 11 is 0. The fourth-order valence-corrected chi connectivity index (χ4v) is 2.91. The SMILES string of the molecule is COc1ccccc1C1CCCN1C(=O)CC(CN)OC.Cl. The van der Waals surface area contributed by atoms with Gasteiger partial charge in [-0.1, -0.05) is 18.2 Å². The van der Waals surface area contributed by atoms with E-state index in [-0.39, 0.29) is 30.5 Å². The number of hydrogen-bond donors (Lipinski definition) is 1. The van der Waals surface area contributed by atoms with Crippen molar-refractivity contribution < 1.29 is 14.3 Å². The van der Waals surface area contributed by atoms with E-state index >= 15 is 0 Å². The van der Waals surface area contributed by atoms with Crippen molar-refractivity contribution in [3.05, 3.63) is 29.8 Å². The number of halogens is 1. The van der Waals surface area contributed by atoms with Crippen molar-refractivity contribution in [1.82, 2.24) is 4.90 Å². The molecule has 1 aliphatic rings. The summed E-state index contributed by atoms with van der Waals surface area (Å²) in [4.78, 5) is 14.4. The highest BCUT2D eigenvalue weighted by atomic mass is 35.5. The number of nitrogens with two attached hydrogens (primary N) is 1. The summed E-state index contributed by atoms with van der Waals surface area (Å²) < 4.78 is 10.6. The van der Waals surface area contributed by atoms with Crippen LogP contribution in [0.1, 0.15) is 30.9 Å². The predicted molar refractivity (Wildman–Crippen MR) is 88.4 cm³/mol. The number of carbonyl (C=O) groups excluding carboxylic acids is 1. The van der Waals surface area contributed by atoms with Crippen molar-refractivity contribution in [1.29, 1.82) is 0 Å². The van der Waals surface area contributed by atoms with E-state index < -0.39 is 0 Å². The molecule has 1 aromatic rings. The molecule has 0 bridgehead atoms. The lowest BCUT2D eigenvalue weighted by Gasteiger charge is -2.27. The van der Waals surface area contributed by atoms with E-state index in [0.29, 0.717) is 13.0 Å². The minimum absolute atomic E-state index is 0. The fourth-order valence-electron chi connectivity index (χ4n) is 2.91. The van der Waals surface area contributed by atoms with Gasteiger partial charge in [-0.3, -0.25) is 4.79 Å². The molecule has 1 fully saturated rings. The molecule has 1 heterocycles. The van der Waals surface area contributed by atoms with Crippen molar-refractivity contribution in [2.75, 3.05) is 27.3 Å². The van der Waals surface area contributed by atoms with Crippen molar-refractivity contribution in [3.63, 3.8) is 0 Å². The molecule has 2 N–H and O–H groups in total. The summed E-state index contributed by atoms with van der Waals surface area (Å²) in [6, 6.07) is 7.99. The Hall–Kier alpha value is -1.30. The Morgan fingerprint density at radius 2 is 2.14 bits per heavy atom. The molecular weight excluding hydrogens is 304 g/mol. The molecule has 124 valence electrons. The van der Waals surface area contributed by atoms with Crippen LogP contribution in [0.3, 0.4) is 0 Å². The summed E-state index contributed by atoms with van der Waals surface area (Å²) in [5.41, 5.74) is 6.68. The van der Waals surface area contributed by atoms with Crippen molar-refractivity contribution in [2.45, 2.75) is 31.4 Å². The van der Waals surface area contributed by atoms with Crippen molar-refractivity contribution >= 4 is 18.3 Å². The van der Waals surface area contributed by atoms with Crippen LogP contribution in [-0.4, -0.2) is 44.2 Å². The van der Waals surface area contributed by atoms with Gasteiger partial charge in [-0.2, -0.15) is 0 Å². The number of methoxy groups -OCH3 is 2. The van der Waals surface area contributed by atoms with Gasteiger partial charge in [0.15, 0.2) is 0 Å². The molecule has 0 aromatic heterocycles. The normalized spacial score (nSPS) is 18.7. The third-order valence-corrected chi connectivity index (χ3v) is 4.07. The third-order valence-electron chi connectivity index (χ3n) is 4.07. The third kappa shape index (κ3) is 4.12. The molecule has 2 atom stereocenters. The van der Waals surface area contributed by atoms with Gasteiger partial charge < -0.3 is 20.1 Å². The number of rotatable bonds is 6. The number of hydrogen-bond acceptors (Lipinski definition) is 4. The zero-order valence-corrected chi connectivity index (χ0v) is 14.0. The van der Waals surface area contributed by atoms with Crippen LogP contribution in [0.4, 0.5) is 0 Å². The Kier molecular flexibility index (Phi) is 7.65. The maximum absolute atomic E-state index is 12.5. The summed E-state index contributed by atoms with van der Waals surface area (Å²) in [6.45, 7) is 1.14. The molecule has 1 saturated heterocycles. The number of nitrogens with zero attached hydrogens (tertiary/aromatic N) is 1. The average molecular weight is 329 g/mol. The van der Waals surface area contributed by atoms with Crippen LogP contribution in [0.5, 0.6) is 5.75 Å². The van der Waals surface area contributed by atoms with Gasteiger partial charge in [-0.15, -0.1) is 12.4 Å². The second-order valence-corrected chi connectivity index (χ2v) is 5.28. The predicted octanol–water partition coefficient (Wildman–Crippen LogP) is 2.14. The average Bonchev–Trinajstić information content (AvgIpc) is 3.01. The second kappa shape index (κ2) is 8.98. The quantitative estimate of drug-likeness (QED) is 0.869. The first-order valence-corrected chi connectivity index (χ1v) is 7.36. The maximum atomic E-state index is 12.5. The van der Waals surface area contributed by atoms with Gasteiger partial charge in [0, 0.05) is 25.8 Å². The van der Waals surface area contributed by atoms with Crippen LogP contribution < -0.4 is 10.5 Å². The molecule has 0 spiro atoms. The van der Waals surface area contributed by atoms with E-state index in [1.54, 1.807) is 14.2 Å². The van der Waals surface area contributed by atoms with E-state index in [9.17, 15) is 4.79 Å². The molecule has 1 aliphatic heterocycles. The van der Waals surface area contributed by atoms with Crippen LogP contribution in [0.15, 0.2) is 24.3 Å². The first-order valence-electron chi connectivity index (χ1n) is 7.36. The molecule has 2 unspecified atom stereocenters. The van der Waals surface area contributed by atoms with Gasteiger partial charge in [0.25, 0.3) is 0 Å². The minimum Gasteiger partial charge on any atom is -0.496 e. The van der Waals surface area contributed by atoms with Gasteiger partial charge in [0.2, 0.25) is 5.91 Å². The minimum atomic E-state index is -0.212. The maximum Gasteiger partial charge on any atom is 0.225 e. The lowest BCUT2D eigenvalue weighted by molar-refractivity contribution is -0.134. The zero-order valence-electron chi connectivity index (χ0n) is 13.2. The summed E-state index contributed by atoms with van der Waals surface area (Å²) in [6.07, 6.45) is 2.09. The number of ether oxygens (including phenoxy) is 2. The molecule has 1 amide bonds. The summed E-state index contributed by atoms with van der Waals surface area (Å²) in [7, 11) is 3.25. The number of benzene rings is 1.